The van der Waals surface area contributed by atoms with Gasteiger partial charge in [-0.1, -0.05) is 17.9 Å². The average Bonchev–Trinajstić information content (AvgIpc) is 4.06. The first kappa shape index (κ1) is 37.6. The van der Waals surface area contributed by atoms with Gasteiger partial charge in [0.2, 0.25) is 16.4 Å². The Morgan fingerprint density at radius 1 is 0.509 bits per heavy atom. The zero-order chi connectivity index (χ0) is 41.2. The third-order valence-electron chi connectivity index (χ3n) is 9.16. The van der Waals surface area contributed by atoms with E-state index in [9.17, 15) is 26.3 Å². The minimum absolute atomic E-state index is 0.336. The standard InChI is InChI=1S/C36H6F6N12S3/c1-48-30(35-52-11(6-44)13(8-46)55-35)22-26(39)18-16-17(25(38)15(24(16)37)10(5-43)33-54-32(50-3)14(9-47)56-33)19-21(20(18)28(22)41)29(42)23(27(19)40)31(49-2)36-53-12(7-45)34(51-4)57-36/h24-29H/b15-10-,30-22-,31-23+. The van der Waals surface area contributed by atoms with Crippen molar-refractivity contribution < 1.29 is 26.3 Å². The van der Waals surface area contributed by atoms with Gasteiger partial charge in [0.05, 0.1) is 19.7 Å². The van der Waals surface area contributed by atoms with Crippen molar-refractivity contribution in [2.75, 3.05) is 0 Å². The number of hydrogen-bond donors (Lipinski definition) is 0. The molecule has 0 saturated heterocycles. The first-order valence-electron chi connectivity index (χ1n) is 15.2. The molecule has 0 radical (unpaired) electrons. The summed E-state index contributed by atoms with van der Waals surface area (Å²) in [5.41, 5.74) is -13.4. The Balaban J connectivity index is 1.58. The molecule has 6 unspecified atom stereocenters. The van der Waals surface area contributed by atoms with E-state index in [1.807, 2.05) is 0 Å². The number of alkyl halides is 6. The van der Waals surface area contributed by atoms with Crippen LogP contribution in [0.25, 0.3) is 36.3 Å². The largest absolute Gasteiger partial charge is 0.359 e. The molecule has 270 valence electrons. The molecular weight excluding hydrogens is 811 g/mol. The van der Waals surface area contributed by atoms with E-state index in [2.05, 4.69) is 34.3 Å². The van der Waals surface area contributed by atoms with E-state index in [1.165, 1.54) is 0 Å². The molecule has 0 aliphatic heterocycles. The van der Waals surface area contributed by atoms with Gasteiger partial charge in [0, 0.05) is 50.1 Å². The fourth-order valence-corrected chi connectivity index (χ4v) is 9.43. The van der Waals surface area contributed by atoms with Crippen molar-refractivity contribution in [1.29, 1.82) is 26.3 Å². The Hall–Kier alpha value is -7.68. The number of halogens is 6. The number of rotatable bonds is 3. The van der Waals surface area contributed by atoms with Crippen LogP contribution in [0.1, 0.15) is 107 Å². The molecule has 3 aliphatic rings. The van der Waals surface area contributed by atoms with Gasteiger partial charge in [0.25, 0.3) is 10.8 Å². The molecule has 6 atom stereocenters. The molecule has 0 saturated carbocycles. The highest BCUT2D eigenvalue weighted by molar-refractivity contribution is 7.17. The lowest BCUT2D eigenvalue weighted by Gasteiger charge is -2.18. The zero-order valence-corrected chi connectivity index (χ0v) is 29.8. The number of aromatic nitrogens is 3. The molecular formula is C36H6F6N12S3. The van der Waals surface area contributed by atoms with E-state index in [0.717, 1.165) is 0 Å². The summed E-state index contributed by atoms with van der Waals surface area (Å²) in [7, 11) is 0. The zero-order valence-electron chi connectivity index (χ0n) is 27.3. The van der Waals surface area contributed by atoms with Gasteiger partial charge >= 0.3 is 0 Å². The molecule has 0 N–H and O–H groups in total. The van der Waals surface area contributed by atoms with Crippen LogP contribution in [0.3, 0.4) is 0 Å². The van der Waals surface area contributed by atoms with Crippen molar-refractivity contribution in [3.63, 3.8) is 0 Å². The van der Waals surface area contributed by atoms with Gasteiger partial charge < -0.3 is 4.85 Å². The normalized spacial score (nSPS) is 23.7. The van der Waals surface area contributed by atoms with E-state index < -0.39 is 136 Å². The maximum absolute atomic E-state index is 17.1. The SMILES string of the molecule is [C-]#[N+]/C(=C1/C(F)c2c3c(c4c(c2C1F)C(F)/C(=C(/[N+]#[C-])c1nc(C#N)c([N+]#[C-])s1)C4F)C(F)/C(=C(/C#N)c1nc([N+]#[C-])c(C#N)s1)C3F)c1nc(C#N)c(C#N)s1. The molecule has 0 fully saturated rings. The minimum atomic E-state index is -2.90. The molecule has 3 heterocycles. The van der Waals surface area contributed by atoms with Crippen molar-refractivity contribution in [3.05, 3.63) is 132 Å². The minimum Gasteiger partial charge on any atom is -0.359 e. The van der Waals surface area contributed by atoms with Crippen molar-refractivity contribution >= 4 is 61.8 Å². The lowest BCUT2D eigenvalue weighted by atomic mass is 9.88. The lowest BCUT2D eigenvalue weighted by molar-refractivity contribution is 0.332. The van der Waals surface area contributed by atoms with E-state index in [1.54, 1.807) is 30.3 Å². The molecule has 57 heavy (non-hydrogen) atoms. The molecule has 21 heteroatoms. The summed E-state index contributed by atoms with van der Waals surface area (Å²) >= 11 is 1.24. The Morgan fingerprint density at radius 2 is 0.930 bits per heavy atom. The number of fused-ring (bicyclic) bond motifs is 6. The third kappa shape index (κ3) is 5.12. The Labute approximate surface area is 327 Å². The summed E-state index contributed by atoms with van der Waals surface area (Å²) < 4.78 is 102. The predicted octanol–water partition coefficient (Wildman–Crippen LogP) is 10.4. The van der Waals surface area contributed by atoms with Crippen molar-refractivity contribution in [2.24, 2.45) is 0 Å². The van der Waals surface area contributed by atoms with Crippen LogP contribution in [-0.2, 0) is 0 Å². The van der Waals surface area contributed by atoms with Crippen molar-refractivity contribution in [3.8, 4) is 30.3 Å². The van der Waals surface area contributed by atoms with Gasteiger partial charge in [-0.15, -0.1) is 27.7 Å². The molecule has 12 nitrogen and oxygen atoms in total. The second-order valence-electron chi connectivity index (χ2n) is 11.6. The second-order valence-corrected chi connectivity index (χ2v) is 14.6. The van der Waals surface area contributed by atoms with Crippen LogP contribution in [0.2, 0.25) is 0 Å². The summed E-state index contributed by atoms with van der Waals surface area (Å²) in [6.45, 7) is 30.2. The molecule has 3 aliphatic carbocycles. The van der Waals surface area contributed by atoms with E-state index in [0.29, 0.717) is 34.0 Å². The monoisotopic (exact) mass is 816 g/mol. The highest BCUT2D eigenvalue weighted by Gasteiger charge is 2.56. The summed E-state index contributed by atoms with van der Waals surface area (Å²) in [5, 5.41) is 45.9. The van der Waals surface area contributed by atoms with Crippen LogP contribution >= 0.6 is 34.0 Å². The van der Waals surface area contributed by atoms with Crippen LogP contribution in [0, 0.1) is 82.9 Å². The molecule has 4 aromatic rings. The summed E-state index contributed by atoms with van der Waals surface area (Å²) in [6, 6.07) is 8.09. The lowest BCUT2D eigenvalue weighted by Crippen LogP contribution is -2.06. The number of benzene rings is 1. The van der Waals surface area contributed by atoms with E-state index in [-0.39, 0.29) is 14.8 Å². The summed E-state index contributed by atoms with van der Waals surface area (Å²) in [6.07, 6.45) is -17.4. The van der Waals surface area contributed by atoms with Crippen LogP contribution in [-0.4, -0.2) is 15.0 Å². The van der Waals surface area contributed by atoms with Gasteiger partial charge in [-0.2, -0.15) is 26.3 Å². The van der Waals surface area contributed by atoms with Crippen LogP contribution in [0.4, 0.5) is 37.2 Å². The predicted molar refractivity (Wildman–Crippen MR) is 187 cm³/mol. The van der Waals surface area contributed by atoms with Crippen LogP contribution in [0.15, 0.2) is 16.7 Å². The van der Waals surface area contributed by atoms with Gasteiger partial charge in [-0.25, -0.2) is 45.9 Å². The van der Waals surface area contributed by atoms with Crippen LogP contribution < -0.4 is 0 Å². The summed E-state index contributed by atoms with van der Waals surface area (Å²) in [5.74, 6) is -0.519. The highest BCUT2D eigenvalue weighted by Crippen LogP contribution is 2.67. The molecule has 7 rings (SSSR count). The van der Waals surface area contributed by atoms with E-state index in [4.69, 9.17) is 26.3 Å². The van der Waals surface area contributed by atoms with Gasteiger partial charge in [-0.3, -0.25) is 4.98 Å². The molecule has 0 amide bonds. The molecule has 0 bridgehead atoms. The number of allylic oxidation sites excluding steroid dienone is 4. The number of nitrogens with zero attached hydrogens (tertiary/aromatic N) is 12. The van der Waals surface area contributed by atoms with Crippen molar-refractivity contribution in [1.82, 2.24) is 15.0 Å². The topological polar surface area (TPSA) is 175 Å². The summed E-state index contributed by atoms with van der Waals surface area (Å²) in [4.78, 5) is 23.3. The number of hydrogen-bond acceptors (Lipinski definition) is 11. The van der Waals surface area contributed by atoms with E-state index >= 15 is 26.3 Å². The van der Waals surface area contributed by atoms with Gasteiger partial charge in [0.1, 0.15) is 80.4 Å². The molecule has 1 aromatic carbocycles. The third-order valence-corrected chi connectivity index (χ3v) is 12.0. The Bertz CT molecular complexity index is 2550. The smallest absolute Gasteiger partial charge is 0.299 e. The Morgan fingerprint density at radius 3 is 1.26 bits per heavy atom. The Kier molecular flexibility index (Phi) is 9.16. The van der Waals surface area contributed by atoms with Crippen molar-refractivity contribution in [2.45, 2.75) is 37.0 Å². The second kappa shape index (κ2) is 13.9. The molecule has 3 aromatic heterocycles. The maximum atomic E-state index is 17.1. The maximum Gasteiger partial charge on any atom is 0.299 e. The van der Waals surface area contributed by atoms with Gasteiger partial charge in [-0.05, 0) is 0 Å². The first-order valence-corrected chi connectivity index (χ1v) is 17.7. The van der Waals surface area contributed by atoms with Gasteiger partial charge in [0.15, 0.2) is 23.7 Å². The van der Waals surface area contributed by atoms with Crippen LogP contribution in [0.5, 0.6) is 0 Å². The number of nitriles is 5. The quantitative estimate of drug-likeness (QED) is 0.111. The highest BCUT2D eigenvalue weighted by atomic mass is 32.1. The first-order chi connectivity index (χ1) is 27.4. The molecule has 0 spiro atoms. The number of thiazole rings is 3. The fourth-order valence-electron chi connectivity index (χ4n) is 6.97. The average molecular weight is 817 g/mol. The fraction of sp³-hybridized carbons (Fsp3) is 0.167.